The Morgan fingerprint density at radius 1 is 1.24 bits per heavy atom. The number of rotatable bonds is 5. The minimum Gasteiger partial charge on any atom is -0.495 e. The van der Waals surface area contributed by atoms with Gasteiger partial charge in [0.15, 0.2) is 0 Å². The molecule has 7 heteroatoms. The molecule has 0 saturated carbocycles. The van der Waals surface area contributed by atoms with Crippen LogP contribution >= 0.6 is 11.6 Å². The van der Waals surface area contributed by atoms with Gasteiger partial charge in [-0.05, 0) is 24.3 Å². The molecule has 0 N–H and O–H groups in total. The molecule has 2 heterocycles. The zero-order chi connectivity index (χ0) is 20.2. The van der Waals surface area contributed by atoms with Crippen molar-refractivity contribution in [2.75, 3.05) is 33.4 Å². The van der Waals surface area contributed by atoms with Crippen LogP contribution in [0.2, 0.25) is 5.02 Å². The first-order valence-electron chi connectivity index (χ1n) is 9.47. The number of fused-ring (bicyclic) bond motifs is 1. The molecule has 3 aromatic rings. The van der Waals surface area contributed by atoms with Gasteiger partial charge in [0.1, 0.15) is 12.3 Å². The van der Waals surface area contributed by atoms with Gasteiger partial charge in [-0.1, -0.05) is 29.8 Å². The van der Waals surface area contributed by atoms with Crippen molar-refractivity contribution in [1.82, 2.24) is 9.47 Å². The number of morpholine rings is 1. The van der Waals surface area contributed by atoms with Gasteiger partial charge in [0.05, 0.1) is 31.0 Å². The van der Waals surface area contributed by atoms with E-state index < -0.39 is 0 Å². The third-order valence-electron chi connectivity index (χ3n) is 4.98. The number of amides is 1. The van der Waals surface area contributed by atoms with Crippen LogP contribution in [0.4, 0.5) is 5.69 Å². The molecule has 0 bridgehead atoms. The number of benzene rings is 2. The molecule has 150 valence electrons. The lowest BCUT2D eigenvalue weighted by Gasteiger charge is -2.27. The van der Waals surface area contributed by atoms with Crippen LogP contribution < -0.4 is 4.74 Å². The third kappa shape index (κ3) is 4.28. The highest BCUT2D eigenvalue weighted by atomic mass is 35.5. The largest absolute Gasteiger partial charge is 0.495 e. The predicted octanol–water partition coefficient (Wildman–Crippen LogP) is 3.91. The first-order valence-corrected chi connectivity index (χ1v) is 9.84. The molecular formula is C22H22ClN3O3. The Morgan fingerprint density at radius 2 is 2.03 bits per heavy atom. The monoisotopic (exact) mass is 411 g/mol. The van der Waals surface area contributed by atoms with Crippen molar-refractivity contribution in [2.24, 2.45) is 4.99 Å². The number of aliphatic imine (C=N–C) groups is 1. The van der Waals surface area contributed by atoms with Crippen LogP contribution in [0.1, 0.15) is 5.56 Å². The van der Waals surface area contributed by atoms with Gasteiger partial charge in [-0.15, -0.1) is 0 Å². The number of ether oxygens (including phenoxy) is 2. The minimum atomic E-state index is 0.0967. The van der Waals surface area contributed by atoms with Crippen LogP contribution in [0.25, 0.3) is 10.9 Å². The quantitative estimate of drug-likeness (QED) is 0.598. The van der Waals surface area contributed by atoms with Crippen LogP contribution in [-0.4, -0.2) is 55.0 Å². The average molecular weight is 412 g/mol. The highest BCUT2D eigenvalue weighted by Gasteiger charge is 2.18. The van der Waals surface area contributed by atoms with Gasteiger partial charge in [-0.25, -0.2) is 0 Å². The maximum atomic E-state index is 12.7. The summed E-state index contributed by atoms with van der Waals surface area (Å²) < 4.78 is 12.5. The molecule has 4 rings (SSSR count). The fraction of sp³-hybridized carbons (Fsp3) is 0.273. The van der Waals surface area contributed by atoms with Crippen molar-refractivity contribution < 1.29 is 14.3 Å². The Morgan fingerprint density at radius 3 is 2.79 bits per heavy atom. The van der Waals surface area contributed by atoms with Crippen molar-refractivity contribution >= 4 is 40.3 Å². The summed E-state index contributed by atoms with van der Waals surface area (Å²) in [6.45, 7) is 2.78. The standard InChI is InChI=1S/C22H22ClN3O3/c1-28-21-7-6-17(12-19(21)23)24-13-16-14-26(20-5-3-2-4-18(16)20)15-22(27)25-8-10-29-11-9-25/h2-7,12-14H,8-11,15H2,1H3. The van der Waals surface area contributed by atoms with Gasteiger partial charge in [0.2, 0.25) is 5.91 Å². The predicted molar refractivity (Wildman–Crippen MR) is 115 cm³/mol. The number of carbonyl (C=O) groups excluding carboxylic acids is 1. The van der Waals surface area contributed by atoms with Crippen molar-refractivity contribution in [1.29, 1.82) is 0 Å². The Hall–Kier alpha value is -2.83. The first kappa shape index (κ1) is 19.5. The Labute approximate surface area is 174 Å². The van der Waals surface area contributed by atoms with Gasteiger partial charge < -0.3 is 18.9 Å². The maximum absolute atomic E-state index is 12.7. The fourth-order valence-electron chi connectivity index (χ4n) is 3.45. The first-order chi connectivity index (χ1) is 14.2. The number of hydrogen-bond acceptors (Lipinski definition) is 4. The number of halogens is 1. The topological polar surface area (TPSA) is 56.1 Å². The molecule has 0 aliphatic carbocycles. The molecule has 6 nitrogen and oxygen atoms in total. The van der Waals surface area contributed by atoms with E-state index in [1.165, 1.54) is 0 Å². The highest BCUT2D eigenvalue weighted by Crippen LogP contribution is 2.29. The maximum Gasteiger partial charge on any atom is 0.242 e. The number of methoxy groups -OCH3 is 1. The number of para-hydroxylation sites is 1. The van der Waals surface area contributed by atoms with E-state index in [0.29, 0.717) is 43.6 Å². The molecule has 0 unspecified atom stereocenters. The summed E-state index contributed by atoms with van der Waals surface area (Å²) in [5.74, 6) is 0.711. The third-order valence-corrected chi connectivity index (χ3v) is 5.27. The van der Waals surface area contributed by atoms with E-state index in [1.54, 1.807) is 25.5 Å². The number of hydrogen-bond donors (Lipinski definition) is 0. The van der Waals surface area contributed by atoms with Gasteiger partial charge in [0.25, 0.3) is 0 Å². The summed E-state index contributed by atoms with van der Waals surface area (Å²) in [6.07, 6.45) is 3.77. The molecule has 1 aliphatic rings. The van der Waals surface area contributed by atoms with Gasteiger partial charge >= 0.3 is 0 Å². The van der Waals surface area contributed by atoms with E-state index >= 15 is 0 Å². The van der Waals surface area contributed by atoms with Gasteiger partial charge in [-0.3, -0.25) is 9.79 Å². The second-order valence-electron chi connectivity index (χ2n) is 6.80. The Kier molecular flexibility index (Phi) is 5.83. The Bertz CT molecular complexity index is 1050. The SMILES string of the molecule is COc1ccc(N=Cc2cn(CC(=O)N3CCOCC3)c3ccccc23)cc1Cl. The molecule has 1 amide bonds. The lowest BCUT2D eigenvalue weighted by molar-refractivity contribution is -0.135. The average Bonchev–Trinajstić information content (AvgIpc) is 3.10. The van der Waals surface area contributed by atoms with Gasteiger partial charge in [-0.2, -0.15) is 0 Å². The summed E-state index contributed by atoms with van der Waals surface area (Å²) >= 11 is 6.19. The van der Waals surface area contributed by atoms with Crippen LogP contribution in [0, 0.1) is 0 Å². The smallest absolute Gasteiger partial charge is 0.242 e. The summed E-state index contributed by atoms with van der Waals surface area (Å²) in [7, 11) is 1.58. The van der Waals surface area contributed by atoms with E-state index in [2.05, 4.69) is 4.99 Å². The normalized spacial score (nSPS) is 14.6. The molecule has 0 radical (unpaired) electrons. The molecule has 0 spiro atoms. The van der Waals surface area contributed by atoms with Crippen molar-refractivity contribution in [3.05, 3.63) is 59.2 Å². The van der Waals surface area contributed by atoms with Crippen LogP contribution in [0.3, 0.4) is 0 Å². The number of nitrogens with zero attached hydrogens (tertiary/aromatic N) is 3. The lowest BCUT2D eigenvalue weighted by atomic mass is 10.2. The molecule has 1 saturated heterocycles. The van der Waals surface area contributed by atoms with Gasteiger partial charge in [0, 0.05) is 42.0 Å². The van der Waals surface area contributed by atoms with E-state index in [9.17, 15) is 4.79 Å². The summed E-state index contributed by atoms with van der Waals surface area (Å²) in [6, 6.07) is 13.4. The van der Waals surface area contributed by atoms with E-state index in [1.807, 2.05) is 46.0 Å². The van der Waals surface area contributed by atoms with Crippen LogP contribution in [-0.2, 0) is 16.1 Å². The zero-order valence-electron chi connectivity index (χ0n) is 16.2. The molecular weight excluding hydrogens is 390 g/mol. The van der Waals surface area contributed by atoms with E-state index in [0.717, 1.165) is 22.2 Å². The fourth-order valence-corrected chi connectivity index (χ4v) is 3.70. The summed E-state index contributed by atoms with van der Waals surface area (Å²) in [5, 5.41) is 1.56. The minimum absolute atomic E-state index is 0.0967. The summed E-state index contributed by atoms with van der Waals surface area (Å²) in [4.78, 5) is 19.1. The van der Waals surface area contributed by atoms with Crippen molar-refractivity contribution in [2.45, 2.75) is 6.54 Å². The second kappa shape index (κ2) is 8.68. The van der Waals surface area contributed by atoms with E-state index in [-0.39, 0.29) is 5.91 Å². The molecule has 0 atom stereocenters. The number of aromatic nitrogens is 1. The van der Waals surface area contributed by atoms with Crippen molar-refractivity contribution in [3.8, 4) is 5.75 Å². The lowest BCUT2D eigenvalue weighted by Crippen LogP contribution is -2.42. The van der Waals surface area contributed by atoms with Crippen LogP contribution in [0.15, 0.2) is 53.7 Å². The second-order valence-corrected chi connectivity index (χ2v) is 7.21. The molecule has 1 aliphatic heterocycles. The molecule has 1 fully saturated rings. The molecule has 29 heavy (non-hydrogen) atoms. The molecule has 2 aromatic carbocycles. The zero-order valence-corrected chi connectivity index (χ0v) is 16.9. The van der Waals surface area contributed by atoms with Crippen LogP contribution in [0.5, 0.6) is 5.75 Å². The van der Waals surface area contributed by atoms with Crippen molar-refractivity contribution in [3.63, 3.8) is 0 Å². The Balaban J connectivity index is 1.60. The van der Waals surface area contributed by atoms with E-state index in [4.69, 9.17) is 21.1 Å². The number of carbonyl (C=O) groups is 1. The molecule has 1 aromatic heterocycles. The summed E-state index contributed by atoms with van der Waals surface area (Å²) in [5.41, 5.74) is 2.68. The highest BCUT2D eigenvalue weighted by molar-refractivity contribution is 6.32.